The van der Waals surface area contributed by atoms with Crippen molar-refractivity contribution in [3.8, 4) is 11.6 Å². The van der Waals surface area contributed by atoms with Crippen molar-refractivity contribution in [1.29, 1.82) is 0 Å². The van der Waals surface area contributed by atoms with E-state index < -0.39 is 0 Å². The molecule has 3 rings (SSSR count). The number of rotatable bonds is 3. The van der Waals surface area contributed by atoms with Gasteiger partial charge in [-0.25, -0.2) is 4.98 Å². The molecule has 0 atom stereocenters. The Morgan fingerprint density at radius 2 is 2.40 bits per heavy atom. The summed E-state index contributed by atoms with van der Waals surface area (Å²) in [4.78, 5) is 8.18. The summed E-state index contributed by atoms with van der Waals surface area (Å²) in [6.45, 7) is 2.06. The predicted octanol–water partition coefficient (Wildman–Crippen LogP) is -0.383. The zero-order valence-electron chi connectivity index (χ0n) is 7.97. The molecule has 78 valence electrons. The van der Waals surface area contributed by atoms with Crippen LogP contribution in [0.4, 0.5) is 0 Å². The van der Waals surface area contributed by atoms with Crippen molar-refractivity contribution in [3.05, 3.63) is 12.2 Å². The van der Waals surface area contributed by atoms with E-state index in [4.69, 9.17) is 4.52 Å². The molecule has 15 heavy (non-hydrogen) atoms. The van der Waals surface area contributed by atoms with Crippen molar-refractivity contribution < 1.29 is 4.52 Å². The molecule has 2 N–H and O–H groups in total. The monoisotopic (exact) mass is 206 g/mol. The minimum absolute atomic E-state index is 0.467. The van der Waals surface area contributed by atoms with Gasteiger partial charge in [-0.15, -0.1) is 0 Å². The SMILES string of the molecule is c1n[nH]c(-c2noc(CC3CNC3)n2)n1. The number of nitrogens with one attached hydrogen (secondary N) is 2. The second kappa shape index (κ2) is 3.43. The van der Waals surface area contributed by atoms with E-state index in [0.29, 0.717) is 23.5 Å². The van der Waals surface area contributed by atoms with Crippen LogP contribution in [0.3, 0.4) is 0 Å². The van der Waals surface area contributed by atoms with Crippen LogP contribution in [0.25, 0.3) is 11.6 Å². The van der Waals surface area contributed by atoms with Gasteiger partial charge in [-0.1, -0.05) is 5.16 Å². The van der Waals surface area contributed by atoms with Crippen LogP contribution in [-0.2, 0) is 6.42 Å². The second-order valence-corrected chi connectivity index (χ2v) is 3.57. The zero-order chi connectivity index (χ0) is 10.1. The number of hydrogen-bond acceptors (Lipinski definition) is 6. The Balaban J connectivity index is 1.75. The van der Waals surface area contributed by atoms with Crippen LogP contribution in [0.15, 0.2) is 10.9 Å². The molecule has 0 radical (unpaired) electrons. The molecule has 1 aliphatic heterocycles. The van der Waals surface area contributed by atoms with E-state index in [1.165, 1.54) is 6.33 Å². The second-order valence-electron chi connectivity index (χ2n) is 3.57. The Bertz CT molecular complexity index is 432. The van der Waals surface area contributed by atoms with E-state index in [0.717, 1.165) is 19.5 Å². The molecule has 0 spiro atoms. The summed E-state index contributed by atoms with van der Waals surface area (Å²) in [6.07, 6.45) is 2.25. The van der Waals surface area contributed by atoms with Crippen molar-refractivity contribution >= 4 is 0 Å². The lowest BCUT2D eigenvalue weighted by Gasteiger charge is -2.25. The molecule has 1 aliphatic rings. The normalized spacial score (nSPS) is 16.5. The molecule has 3 heterocycles. The minimum atomic E-state index is 0.467. The van der Waals surface area contributed by atoms with Crippen LogP contribution in [-0.4, -0.2) is 38.4 Å². The maximum Gasteiger partial charge on any atom is 0.239 e. The summed E-state index contributed by atoms with van der Waals surface area (Å²) in [5, 5.41) is 13.4. The number of nitrogens with zero attached hydrogens (tertiary/aromatic N) is 4. The van der Waals surface area contributed by atoms with E-state index >= 15 is 0 Å². The summed E-state index contributed by atoms with van der Waals surface area (Å²) < 4.78 is 5.12. The summed E-state index contributed by atoms with van der Waals surface area (Å²) >= 11 is 0. The Hall–Kier alpha value is -1.76. The van der Waals surface area contributed by atoms with Gasteiger partial charge in [0.2, 0.25) is 11.7 Å². The molecule has 7 heteroatoms. The molecule has 0 aromatic carbocycles. The molecular weight excluding hydrogens is 196 g/mol. The quantitative estimate of drug-likeness (QED) is 0.711. The van der Waals surface area contributed by atoms with Crippen LogP contribution in [0.2, 0.25) is 0 Å². The smallest absolute Gasteiger partial charge is 0.239 e. The Morgan fingerprint density at radius 1 is 1.47 bits per heavy atom. The third kappa shape index (κ3) is 1.61. The van der Waals surface area contributed by atoms with Crippen molar-refractivity contribution in [2.45, 2.75) is 6.42 Å². The molecule has 0 amide bonds. The molecule has 0 unspecified atom stereocenters. The molecular formula is C8H10N6O. The fourth-order valence-corrected chi connectivity index (χ4v) is 1.49. The summed E-state index contributed by atoms with van der Waals surface area (Å²) in [5.74, 6) is 2.28. The molecule has 0 saturated carbocycles. The largest absolute Gasteiger partial charge is 0.339 e. The number of H-pyrrole nitrogens is 1. The van der Waals surface area contributed by atoms with Crippen LogP contribution < -0.4 is 5.32 Å². The van der Waals surface area contributed by atoms with Crippen LogP contribution in [0, 0.1) is 5.92 Å². The highest BCUT2D eigenvalue weighted by atomic mass is 16.5. The molecule has 1 saturated heterocycles. The zero-order valence-corrected chi connectivity index (χ0v) is 7.97. The van der Waals surface area contributed by atoms with Gasteiger partial charge in [-0.05, 0) is 19.0 Å². The number of hydrogen-bond donors (Lipinski definition) is 2. The van der Waals surface area contributed by atoms with Crippen LogP contribution >= 0.6 is 0 Å². The highest BCUT2D eigenvalue weighted by molar-refractivity contribution is 5.39. The molecule has 2 aromatic rings. The number of aromatic nitrogens is 5. The minimum Gasteiger partial charge on any atom is -0.339 e. The third-order valence-electron chi connectivity index (χ3n) is 2.42. The van der Waals surface area contributed by atoms with E-state index in [2.05, 4.69) is 30.6 Å². The van der Waals surface area contributed by atoms with Gasteiger partial charge in [0.1, 0.15) is 6.33 Å². The van der Waals surface area contributed by atoms with Crippen molar-refractivity contribution in [2.75, 3.05) is 13.1 Å². The Labute approximate surface area is 85.3 Å². The first-order chi connectivity index (χ1) is 7.42. The highest BCUT2D eigenvalue weighted by Gasteiger charge is 2.21. The van der Waals surface area contributed by atoms with Gasteiger partial charge in [-0.2, -0.15) is 10.1 Å². The van der Waals surface area contributed by atoms with Gasteiger partial charge in [0.05, 0.1) is 0 Å². The summed E-state index contributed by atoms with van der Waals surface area (Å²) in [6, 6.07) is 0. The first kappa shape index (κ1) is 8.54. The first-order valence-electron chi connectivity index (χ1n) is 4.81. The average Bonchev–Trinajstić information content (AvgIpc) is 2.82. The van der Waals surface area contributed by atoms with E-state index in [1.54, 1.807) is 0 Å². The topological polar surface area (TPSA) is 92.5 Å². The van der Waals surface area contributed by atoms with Gasteiger partial charge in [-0.3, -0.25) is 5.10 Å². The summed E-state index contributed by atoms with van der Waals surface area (Å²) in [7, 11) is 0. The van der Waals surface area contributed by atoms with Gasteiger partial charge in [0, 0.05) is 6.42 Å². The van der Waals surface area contributed by atoms with Crippen LogP contribution in [0.1, 0.15) is 5.89 Å². The molecule has 0 aliphatic carbocycles. The van der Waals surface area contributed by atoms with Gasteiger partial charge in [0.25, 0.3) is 0 Å². The van der Waals surface area contributed by atoms with E-state index in [9.17, 15) is 0 Å². The van der Waals surface area contributed by atoms with E-state index in [1.807, 2.05) is 0 Å². The molecule has 1 fully saturated rings. The lowest BCUT2D eigenvalue weighted by atomic mass is 10.00. The van der Waals surface area contributed by atoms with Crippen molar-refractivity contribution in [3.63, 3.8) is 0 Å². The number of aromatic amines is 1. The molecule has 0 bridgehead atoms. The lowest BCUT2D eigenvalue weighted by molar-refractivity contribution is 0.296. The summed E-state index contributed by atoms with van der Waals surface area (Å²) in [5.41, 5.74) is 0. The molecule has 7 nitrogen and oxygen atoms in total. The predicted molar refractivity (Wildman–Crippen MR) is 49.7 cm³/mol. The van der Waals surface area contributed by atoms with Crippen molar-refractivity contribution in [2.24, 2.45) is 5.92 Å². The van der Waals surface area contributed by atoms with Crippen molar-refractivity contribution in [1.82, 2.24) is 30.6 Å². The molecule has 2 aromatic heterocycles. The van der Waals surface area contributed by atoms with Gasteiger partial charge in [0.15, 0.2) is 5.82 Å². The maximum absolute atomic E-state index is 5.12. The van der Waals surface area contributed by atoms with E-state index in [-0.39, 0.29) is 0 Å². The lowest BCUT2D eigenvalue weighted by Crippen LogP contribution is -2.43. The van der Waals surface area contributed by atoms with Crippen LogP contribution in [0.5, 0.6) is 0 Å². The first-order valence-corrected chi connectivity index (χ1v) is 4.81. The Morgan fingerprint density at radius 3 is 3.07 bits per heavy atom. The Kier molecular flexibility index (Phi) is 1.95. The maximum atomic E-state index is 5.12. The standard InChI is InChI=1S/C8H10N6O/c1(5-2-9-3-5)6-12-8(14-15-6)7-10-4-11-13-7/h4-5,9H,1-3H2,(H,10,11,13). The average molecular weight is 206 g/mol. The fourth-order valence-electron chi connectivity index (χ4n) is 1.49. The third-order valence-corrected chi connectivity index (χ3v) is 2.42. The fraction of sp³-hybridized carbons (Fsp3) is 0.500. The van der Waals surface area contributed by atoms with Gasteiger partial charge >= 0.3 is 0 Å². The van der Waals surface area contributed by atoms with Gasteiger partial charge < -0.3 is 9.84 Å². The highest BCUT2D eigenvalue weighted by Crippen LogP contribution is 2.14.